The van der Waals surface area contributed by atoms with Gasteiger partial charge in [0.15, 0.2) is 0 Å². The highest BCUT2D eigenvalue weighted by Crippen LogP contribution is 2.05. The number of carbonyl (C=O) groups excluding carboxylic acids is 1. The molecule has 0 unspecified atom stereocenters. The lowest BCUT2D eigenvalue weighted by Gasteiger charge is -1.92. The highest BCUT2D eigenvalue weighted by Gasteiger charge is 2.11. The summed E-state index contributed by atoms with van der Waals surface area (Å²) in [7, 11) is -2.65. The molecule has 0 aliphatic heterocycles. The van der Waals surface area contributed by atoms with Gasteiger partial charge in [0.1, 0.15) is 5.75 Å². The van der Waals surface area contributed by atoms with E-state index in [2.05, 4.69) is 5.73 Å². The van der Waals surface area contributed by atoms with Crippen molar-refractivity contribution in [1.29, 1.82) is 0 Å². The summed E-state index contributed by atoms with van der Waals surface area (Å²) >= 11 is 0. The highest BCUT2D eigenvalue weighted by molar-refractivity contribution is 8.71. The Hall–Kier alpha value is -0.230. The van der Waals surface area contributed by atoms with Crippen molar-refractivity contribution in [3.63, 3.8) is 0 Å². The third-order valence-electron chi connectivity index (χ3n) is 0.573. The van der Waals surface area contributed by atoms with E-state index in [-0.39, 0.29) is 0 Å². The number of primary amides is 1. The zero-order chi connectivity index (χ0) is 7.49. The molecule has 6 heteroatoms. The molecule has 0 aromatic heterocycles. The normalized spacial score (nSPS) is 11.2. The second-order valence-electron chi connectivity index (χ2n) is 1.33. The van der Waals surface area contributed by atoms with Gasteiger partial charge in [-0.15, -0.1) is 0 Å². The van der Waals surface area contributed by atoms with E-state index < -0.39 is 20.5 Å². The average Bonchev–Trinajstić information content (AvgIpc) is 1.63. The molecule has 0 fully saturated rings. The van der Waals surface area contributed by atoms with Crippen LogP contribution in [0, 0.1) is 0 Å². The van der Waals surface area contributed by atoms with E-state index in [1.807, 2.05) is 0 Å². The molecule has 54 valence electrons. The first-order valence-electron chi connectivity index (χ1n) is 2.04. The Kier molecular flexibility index (Phi) is 2.99. The van der Waals surface area contributed by atoms with Crippen LogP contribution in [0.3, 0.4) is 0 Å². The molecule has 0 atom stereocenters. The summed E-state index contributed by atoms with van der Waals surface area (Å²) in [6.45, 7) is 0. The van der Waals surface area contributed by atoms with E-state index in [4.69, 9.17) is 0 Å². The molecule has 0 aromatic carbocycles. The van der Waals surface area contributed by atoms with E-state index in [0.29, 0.717) is 10.8 Å². The van der Waals surface area contributed by atoms with Gasteiger partial charge in [-0.3, -0.25) is 4.79 Å². The maximum atomic E-state index is 10.5. The molecule has 0 aliphatic rings. The van der Waals surface area contributed by atoms with Gasteiger partial charge in [0, 0.05) is 0 Å². The lowest BCUT2D eigenvalue weighted by molar-refractivity contribution is -0.115. The number of carbonyl (C=O) groups is 1. The molecule has 0 saturated heterocycles. The van der Waals surface area contributed by atoms with Crippen LogP contribution in [-0.2, 0) is 13.7 Å². The standard InChI is InChI=1S/C3H7NO3S2/c1-8-9(6,7)2-3(4)5/h2H2,1H3,(H2,4,5). The largest absolute Gasteiger partial charge is 0.369 e. The van der Waals surface area contributed by atoms with Crippen LogP contribution in [0.5, 0.6) is 0 Å². The third-order valence-corrected chi connectivity index (χ3v) is 3.60. The third kappa shape index (κ3) is 4.28. The lowest BCUT2D eigenvalue weighted by atomic mass is 10.8. The topological polar surface area (TPSA) is 77.2 Å². The van der Waals surface area contributed by atoms with Crippen molar-refractivity contribution >= 4 is 25.6 Å². The molecule has 4 nitrogen and oxygen atoms in total. The van der Waals surface area contributed by atoms with Crippen LogP contribution in [0.1, 0.15) is 0 Å². The maximum absolute atomic E-state index is 10.5. The van der Waals surface area contributed by atoms with Gasteiger partial charge in [-0.1, -0.05) is 0 Å². The fourth-order valence-corrected chi connectivity index (χ4v) is 1.40. The quantitative estimate of drug-likeness (QED) is 0.559. The first-order chi connectivity index (χ1) is 3.98. The number of rotatable bonds is 3. The Bertz CT molecular complexity index is 195. The monoisotopic (exact) mass is 169 g/mol. The number of hydrogen-bond acceptors (Lipinski definition) is 4. The minimum Gasteiger partial charge on any atom is -0.369 e. The Morgan fingerprint density at radius 1 is 1.67 bits per heavy atom. The second-order valence-corrected chi connectivity index (χ2v) is 5.60. The summed E-state index contributed by atoms with van der Waals surface area (Å²) in [6, 6.07) is 0. The molecule has 2 N–H and O–H groups in total. The molecular formula is C3H7NO3S2. The smallest absolute Gasteiger partial charge is 0.233 e. The Morgan fingerprint density at radius 2 is 2.11 bits per heavy atom. The molecule has 0 rings (SSSR count). The first kappa shape index (κ1) is 8.77. The van der Waals surface area contributed by atoms with Crippen LogP contribution >= 0.6 is 10.8 Å². The number of amides is 1. The van der Waals surface area contributed by atoms with Crippen molar-refractivity contribution in [2.45, 2.75) is 0 Å². The maximum Gasteiger partial charge on any atom is 0.233 e. The predicted molar refractivity (Wildman–Crippen MR) is 36.5 cm³/mol. The zero-order valence-electron chi connectivity index (χ0n) is 4.83. The van der Waals surface area contributed by atoms with Gasteiger partial charge in [-0.05, 0) is 17.0 Å². The Balaban J connectivity index is 4.06. The van der Waals surface area contributed by atoms with Crippen LogP contribution in [0.15, 0.2) is 0 Å². The molecule has 0 aliphatic carbocycles. The van der Waals surface area contributed by atoms with Gasteiger partial charge in [0.2, 0.25) is 14.8 Å². The van der Waals surface area contributed by atoms with Gasteiger partial charge in [0.05, 0.1) is 0 Å². The Morgan fingerprint density at radius 3 is 2.22 bits per heavy atom. The number of hydrogen-bond donors (Lipinski definition) is 1. The fourth-order valence-electron chi connectivity index (χ4n) is 0.233. The van der Waals surface area contributed by atoms with Crippen molar-refractivity contribution in [3.05, 3.63) is 0 Å². The molecule has 1 amide bonds. The number of nitrogens with two attached hydrogens (primary N) is 1. The van der Waals surface area contributed by atoms with Crippen molar-refractivity contribution in [3.8, 4) is 0 Å². The summed E-state index contributed by atoms with van der Waals surface area (Å²) in [5, 5.41) is 0. The van der Waals surface area contributed by atoms with Crippen LogP contribution in [-0.4, -0.2) is 26.3 Å². The van der Waals surface area contributed by atoms with Gasteiger partial charge >= 0.3 is 0 Å². The van der Waals surface area contributed by atoms with E-state index >= 15 is 0 Å². The van der Waals surface area contributed by atoms with Crippen LogP contribution < -0.4 is 5.73 Å². The van der Waals surface area contributed by atoms with Crippen LogP contribution in [0.25, 0.3) is 0 Å². The first-order valence-corrected chi connectivity index (χ1v) is 5.44. The lowest BCUT2D eigenvalue weighted by Crippen LogP contribution is -2.20. The van der Waals surface area contributed by atoms with E-state index in [0.717, 1.165) is 0 Å². The molecule has 0 heterocycles. The fraction of sp³-hybridized carbons (Fsp3) is 0.667. The van der Waals surface area contributed by atoms with Gasteiger partial charge in [0.25, 0.3) is 0 Å². The van der Waals surface area contributed by atoms with Gasteiger partial charge in [-0.2, -0.15) is 0 Å². The van der Waals surface area contributed by atoms with Crippen molar-refractivity contribution in [2.24, 2.45) is 5.73 Å². The Labute approximate surface area is 57.1 Å². The SMILES string of the molecule is CSS(=O)(=O)CC(N)=O. The summed E-state index contributed by atoms with van der Waals surface area (Å²) in [6.07, 6.45) is 1.39. The summed E-state index contributed by atoms with van der Waals surface area (Å²) in [4.78, 5) is 10.0. The van der Waals surface area contributed by atoms with E-state index in [1.54, 1.807) is 0 Å². The predicted octanol–water partition coefficient (Wildman–Crippen LogP) is -0.835. The summed E-state index contributed by atoms with van der Waals surface area (Å²) in [5.74, 6) is -1.39. The van der Waals surface area contributed by atoms with E-state index in [1.165, 1.54) is 6.26 Å². The van der Waals surface area contributed by atoms with Gasteiger partial charge in [-0.25, -0.2) is 8.42 Å². The molecule has 0 aromatic rings. The van der Waals surface area contributed by atoms with E-state index in [9.17, 15) is 13.2 Å². The molecule has 0 radical (unpaired) electrons. The summed E-state index contributed by atoms with van der Waals surface area (Å²) < 4.78 is 20.9. The van der Waals surface area contributed by atoms with Crippen LogP contribution in [0.2, 0.25) is 0 Å². The molecule has 0 saturated carbocycles. The molecular weight excluding hydrogens is 162 g/mol. The molecule has 0 bridgehead atoms. The second kappa shape index (κ2) is 3.07. The van der Waals surface area contributed by atoms with Crippen molar-refractivity contribution < 1.29 is 13.2 Å². The highest BCUT2D eigenvalue weighted by atomic mass is 33.1. The van der Waals surface area contributed by atoms with Gasteiger partial charge < -0.3 is 5.73 Å². The summed E-state index contributed by atoms with van der Waals surface area (Å²) in [5.41, 5.74) is 4.62. The van der Waals surface area contributed by atoms with Crippen molar-refractivity contribution in [1.82, 2.24) is 0 Å². The molecule has 0 spiro atoms. The minimum atomic E-state index is -3.28. The van der Waals surface area contributed by atoms with Crippen LogP contribution in [0.4, 0.5) is 0 Å². The minimum absolute atomic E-state index is 0.575. The zero-order valence-corrected chi connectivity index (χ0v) is 6.46. The molecule has 9 heavy (non-hydrogen) atoms. The van der Waals surface area contributed by atoms with Crippen molar-refractivity contribution in [2.75, 3.05) is 12.0 Å². The average molecular weight is 169 g/mol.